The predicted molar refractivity (Wildman–Crippen MR) is 388 cm³/mol. The molecule has 14 aromatic rings. The van der Waals surface area contributed by atoms with Gasteiger partial charge in [0.15, 0.2) is 0 Å². The summed E-state index contributed by atoms with van der Waals surface area (Å²) >= 11 is 0. The first-order valence-electron chi connectivity index (χ1n) is 31.4. The molecular weight excluding hydrogens is 1150 g/mol. The summed E-state index contributed by atoms with van der Waals surface area (Å²) in [6.45, 7) is 0. The van der Waals surface area contributed by atoms with Crippen LogP contribution in [0.15, 0.2) is 363 Å². The summed E-state index contributed by atoms with van der Waals surface area (Å²) in [7, 11) is 0. The SMILES string of the molecule is OC1=C(c2ccc(N(c3ccc(-c4ccccc4-c4ccccc4)cc3)c3ccc(-c4ccccc4-c4ccccc4)cc3)cc2O)C(O)=C1c1ccc(N(c2ccc(-c3ccccc3-c3ccccc3)cc2)c2ccc(-c3ccccc3-c3ccccc3)cc2)cc1O. The number of anilines is 6. The molecule has 448 valence electrons. The first-order valence-corrected chi connectivity index (χ1v) is 31.4. The number of aliphatic hydroxyl groups is 2. The summed E-state index contributed by atoms with van der Waals surface area (Å²) in [6.07, 6.45) is 0. The molecule has 0 saturated carbocycles. The first kappa shape index (κ1) is 57.8. The highest BCUT2D eigenvalue weighted by molar-refractivity contribution is 6.08. The van der Waals surface area contributed by atoms with Gasteiger partial charge in [0.05, 0.1) is 11.1 Å². The molecule has 6 heteroatoms. The van der Waals surface area contributed by atoms with Crippen LogP contribution < -0.4 is 9.80 Å². The van der Waals surface area contributed by atoms with Crippen LogP contribution in [0.25, 0.3) is 100 Å². The van der Waals surface area contributed by atoms with Crippen LogP contribution in [0.1, 0.15) is 11.1 Å². The zero-order valence-electron chi connectivity index (χ0n) is 51.2. The van der Waals surface area contributed by atoms with Gasteiger partial charge >= 0.3 is 0 Å². The third kappa shape index (κ3) is 11.1. The van der Waals surface area contributed by atoms with E-state index < -0.39 is 0 Å². The van der Waals surface area contributed by atoms with E-state index in [-0.39, 0.29) is 45.3 Å². The zero-order chi connectivity index (χ0) is 63.5. The Morgan fingerprint density at radius 3 is 0.543 bits per heavy atom. The van der Waals surface area contributed by atoms with Gasteiger partial charge in [0.1, 0.15) is 23.0 Å². The number of hydrogen-bond acceptors (Lipinski definition) is 6. The molecule has 1 aliphatic rings. The van der Waals surface area contributed by atoms with Crippen LogP contribution in [0.5, 0.6) is 11.5 Å². The van der Waals surface area contributed by atoms with Crippen molar-refractivity contribution in [3.8, 4) is 101 Å². The molecule has 0 unspecified atom stereocenters. The average molecular weight is 1210 g/mol. The quantitative estimate of drug-likeness (QED) is 0.0771. The fraction of sp³-hybridized carbons (Fsp3) is 0. The molecule has 0 saturated heterocycles. The van der Waals surface area contributed by atoms with Crippen molar-refractivity contribution >= 4 is 45.3 Å². The van der Waals surface area contributed by atoms with E-state index in [4.69, 9.17) is 0 Å². The Hall–Kier alpha value is -12.6. The van der Waals surface area contributed by atoms with Gasteiger partial charge in [-0.05, 0) is 162 Å². The number of hydrogen-bond donors (Lipinski definition) is 4. The van der Waals surface area contributed by atoms with Crippen molar-refractivity contribution in [2.75, 3.05) is 9.80 Å². The van der Waals surface area contributed by atoms with Gasteiger partial charge < -0.3 is 30.2 Å². The van der Waals surface area contributed by atoms with Gasteiger partial charge in [0.2, 0.25) is 0 Å². The molecule has 0 spiro atoms. The van der Waals surface area contributed by atoms with E-state index in [1.807, 2.05) is 36.4 Å². The van der Waals surface area contributed by atoms with Crippen molar-refractivity contribution in [1.29, 1.82) is 0 Å². The number of nitrogens with zero attached hydrogens (tertiary/aromatic N) is 2. The normalized spacial score (nSPS) is 11.9. The summed E-state index contributed by atoms with van der Waals surface area (Å²) in [4.78, 5) is 4.17. The third-order valence-corrected chi connectivity index (χ3v) is 17.8. The summed E-state index contributed by atoms with van der Waals surface area (Å²) in [5.74, 6) is -0.827. The van der Waals surface area contributed by atoms with Gasteiger partial charge in [0.25, 0.3) is 0 Å². The lowest BCUT2D eigenvalue weighted by Gasteiger charge is -2.29. The van der Waals surface area contributed by atoms with Crippen molar-refractivity contribution in [2.24, 2.45) is 0 Å². The lowest BCUT2D eigenvalue weighted by atomic mass is 9.83. The van der Waals surface area contributed by atoms with Gasteiger partial charge in [0, 0.05) is 57.4 Å². The molecule has 4 N–H and O–H groups in total. The van der Waals surface area contributed by atoms with Crippen LogP contribution in [-0.2, 0) is 0 Å². The molecule has 0 aliphatic heterocycles. The number of rotatable bonds is 16. The molecule has 1 aliphatic carbocycles. The van der Waals surface area contributed by atoms with E-state index in [9.17, 15) is 20.4 Å². The molecule has 0 atom stereocenters. The molecule has 6 nitrogen and oxygen atoms in total. The minimum atomic E-state index is -0.257. The molecule has 0 heterocycles. The Morgan fingerprint density at radius 2 is 0.340 bits per heavy atom. The summed E-state index contributed by atoms with van der Waals surface area (Å²) in [6, 6.07) is 119. The maximum absolute atomic E-state index is 12.1. The Bertz CT molecular complexity index is 4540. The Balaban J connectivity index is 0.756. The van der Waals surface area contributed by atoms with Crippen molar-refractivity contribution in [1.82, 2.24) is 0 Å². The molecule has 0 amide bonds. The highest BCUT2D eigenvalue weighted by Gasteiger charge is 2.35. The Kier molecular flexibility index (Phi) is 15.6. The fourth-order valence-electron chi connectivity index (χ4n) is 13.1. The van der Waals surface area contributed by atoms with E-state index in [2.05, 4.69) is 301 Å². The molecule has 94 heavy (non-hydrogen) atoms. The van der Waals surface area contributed by atoms with Crippen molar-refractivity contribution in [3.63, 3.8) is 0 Å². The maximum atomic E-state index is 12.1. The molecule has 0 radical (unpaired) electrons. The minimum Gasteiger partial charge on any atom is -0.507 e. The highest BCUT2D eigenvalue weighted by atomic mass is 16.3. The molecule has 0 bridgehead atoms. The van der Waals surface area contributed by atoms with Crippen LogP contribution in [0, 0.1) is 0 Å². The number of aliphatic hydroxyl groups excluding tert-OH is 2. The van der Waals surface area contributed by atoms with Crippen LogP contribution in [0.4, 0.5) is 34.1 Å². The second-order valence-electron chi connectivity index (χ2n) is 23.4. The number of phenols is 2. The first-order chi connectivity index (χ1) is 46.3. The maximum Gasteiger partial charge on any atom is 0.139 e. The molecular formula is C88H62N2O4. The standard InChI is InChI=1S/C88H62N2O4/c91-83-57-71(89(67-45-37-63(38-46-67)77-33-17-13-29-73(77)59-21-5-1-6-22-59)68-47-39-64(40-48-68)78-34-18-14-30-74(78)60-23-7-2-8-24-60)53-55-81(83)85-87(93)86(88(85)94)82-56-54-72(58-84(82)92)90(69-49-41-65(42-50-69)79-35-19-15-31-75(79)61-25-9-3-10-26-61)70-51-43-66(44-52-70)80-36-20-16-32-76(80)62-27-11-4-12-28-62/h1-58,91-94H. The van der Waals surface area contributed by atoms with Gasteiger partial charge in [-0.1, -0.05) is 267 Å². The third-order valence-electron chi connectivity index (χ3n) is 17.8. The highest BCUT2D eigenvalue weighted by Crippen LogP contribution is 2.51. The Morgan fingerprint density at radius 1 is 0.160 bits per heavy atom. The van der Waals surface area contributed by atoms with Crippen LogP contribution >= 0.6 is 0 Å². The molecule has 0 fully saturated rings. The molecule has 14 aromatic carbocycles. The summed E-state index contributed by atoms with van der Waals surface area (Å²) in [5, 5.41) is 48.3. The summed E-state index contributed by atoms with van der Waals surface area (Å²) < 4.78 is 0. The monoisotopic (exact) mass is 1210 g/mol. The second-order valence-corrected chi connectivity index (χ2v) is 23.4. The van der Waals surface area contributed by atoms with Crippen molar-refractivity contribution in [2.45, 2.75) is 0 Å². The van der Waals surface area contributed by atoms with Gasteiger partial charge in [-0.25, -0.2) is 0 Å². The van der Waals surface area contributed by atoms with E-state index in [1.54, 1.807) is 24.3 Å². The van der Waals surface area contributed by atoms with Crippen molar-refractivity contribution < 1.29 is 20.4 Å². The van der Waals surface area contributed by atoms with Gasteiger partial charge in [-0.3, -0.25) is 0 Å². The average Bonchev–Trinajstić information content (AvgIpc) is 0.742. The number of benzene rings is 14. The Labute approximate surface area is 547 Å². The van der Waals surface area contributed by atoms with Crippen LogP contribution in [0.2, 0.25) is 0 Å². The van der Waals surface area contributed by atoms with Gasteiger partial charge in [-0.15, -0.1) is 0 Å². The fourth-order valence-corrected chi connectivity index (χ4v) is 13.1. The van der Waals surface area contributed by atoms with Crippen LogP contribution in [0.3, 0.4) is 0 Å². The topological polar surface area (TPSA) is 87.4 Å². The van der Waals surface area contributed by atoms with Crippen molar-refractivity contribution in [3.05, 3.63) is 374 Å². The van der Waals surface area contributed by atoms with E-state index in [0.717, 1.165) is 112 Å². The van der Waals surface area contributed by atoms with E-state index >= 15 is 0 Å². The second kappa shape index (κ2) is 25.3. The van der Waals surface area contributed by atoms with Crippen LogP contribution in [-0.4, -0.2) is 20.4 Å². The molecule has 15 rings (SSSR count). The number of phenolic OH excluding ortho intramolecular Hbond substituents is 2. The lowest BCUT2D eigenvalue weighted by Crippen LogP contribution is -2.13. The van der Waals surface area contributed by atoms with Gasteiger partial charge in [-0.2, -0.15) is 0 Å². The minimum absolute atomic E-state index is 0.0708. The van der Waals surface area contributed by atoms with E-state index in [0.29, 0.717) is 11.4 Å². The lowest BCUT2D eigenvalue weighted by molar-refractivity contribution is 0.386. The largest absolute Gasteiger partial charge is 0.507 e. The zero-order valence-corrected chi connectivity index (χ0v) is 51.2. The predicted octanol–water partition coefficient (Wildman–Crippen LogP) is 23.6. The number of allylic oxidation sites excluding steroid dienone is 2. The molecule has 0 aromatic heterocycles. The number of aromatic hydroxyl groups is 2. The smallest absolute Gasteiger partial charge is 0.139 e. The summed E-state index contributed by atoms with van der Waals surface area (Å²) in [5.41, 5.74) is 23.0. The van der Waals surface area contributed by atoms with E-state index in [1.165, 1.54) is 0 Å².